The predicted molar refractivity (Wildman–Crippen MR) is 96.9 cm³/mol. The van der Waals surface area contributed by atoms with E-state index in [0.717, 1.165) is 5.01 Å². The SMILES string of the molecule is COc1ccc(C#N)cc1NC(=O)C1=NN(C2CCS(=O)(=O)C2)C(=O)CC1. The summed E-state index contributed by atoms with van der Waals surface area (Å²) in [6.07, 6.45) is 0.545. The maximum Gasteiger partial charge on any atom is 0.271 e. The third-order valence-corrected chi connectivity index (χ3v) is 6.20. The number of anilines is 1. The Morgan fingerprint density at radius 3 is 2.81 bits per heavy atom. The molecule has 0 aliphatic carbocycles. The zero-order valence-corrected chi connectivity index (χ0v) is 15.5. The van der Waals surface area contributed by atoms with Gasteiger partial charge in [-0.15, -0.1) is 0 Å². The molecule has 1 aromatic carbocycles. The molecule has 0 aromatic heterocycles. The third-order valence-electron chi connectivity index (χ3n) is 4.45. The summed E-state index contributed by atoms with van der Waals surface area (Å²) in [6, 6.07) is 6.05. The van der Waals surface area contributed by atoms with Gasteiger partial charge in [-0.25, -0.2) is 13.4 Å². The van der Waals surface area contributed by atoms with Gasteiger partial charge in [0.1, 0.15) is 11.5 Å². The Bertz CT molecular complexity index is 964. The highest BCUT2D eigenvalue weighted by Gasteiger charge is 2.37. The van der Waals surface area contributed by atoms with Crippen molar-refractivity contribution >= 4 is 33.1 Å². The fourth-order valence-electron chi connectivity index (χ4n) is 3.06. The van der Waals surface area contributed by atoms with Crippen molar-refractivity contribution < 1.29 is 22.7 Å². The van der Waals surface area contributed by atoms with Crippen molar-refractivity contribution in [1.29, 1.82) is 5.26 Å². The molecule has 0 spiro atoms. The maximum absolute atomic E-state index is 12.6. The zero-order valence-electron chi connectivity index (χ0n) is 14.6. The first-order chi connectivity index (χ1) is 12.8. The van der Waals surface area contributed by atoms with Crippen LogP contribution < -0.4 is 10.1 Å². The van der Waals surface area contributed by atoms with Crippen LogP contribution in [0.1, 0.15) is 24.8 Å². The number of ether oxygens (including phenoxy) is 1. The normalized spacial score (nSPS) is 21.3. The van der Waals surface area contributed by atoms with E-state index in [9.17, 15) is 18.0 Å². The fraction of sp³-hybridized carbons (Fsp3) is 0.412. The lowest BCUT2D eigenvalue weighted by molar-refractivity contribution is -0.133. The molecule has 3 rings (SSSR count). The number of sulfone groups is 1. The first-order valence-corrected chi connectivity index (χ1v) is 10.1. The summed E-state index contributed by atoms with van der Waals surface area (Å²) in [5.41, 5.74) is 0.795. The number of carbonyl (C=O) groups excluding carboxylic acids is 2. The first-order valence-electron chi connectivity index (χ1n) is 8.32. The molecule has 1 saturated heterocycles. The van der Waals surface area contributed by atoms with Gasteiger partial charge in [-0.05, 0) is 24.6 Å². The van der Waals surface area contributed by atoms with Crippen LogP contribution in [0.4, 0.5) is 5.69 Å². The van der Waals surface area contributed by atoms with Crippen LogP contribution >= 0.6 is 0 Å². The van der Waals surface area contributed by atoms with Gasteiger partial charge < -0.3 is 10.1 Å². The van der Waals surface area contributed by atoms with Crippen LogP contribution in [0.25, 0.3) is 0 Å². The number of hydrazone groups is 1. The smallest absolute Gasteiger partial charge is 0.271 e. The van der Waals surface area contributed by atoms with Crippen molar-refractivity contribution in [3.63, 3.8) is 0 Å². The van der Waals surface area contributed by atoms with Crippen LogP contribution in [0.15, 0.2) is 23.3 Å². The van der Waals surface area contributed by atoms with Crippen molar-refractivity contribution in [1.82, 2.24) is 5.01 Å². The number of benzene rings is 1. The lowest BCUT2D eigenvalue weighted by atomic mass is 10.1. The van der Waals surface area contributed by atoms with E-state index in [0.29, 0.717) is 23.4 Å². The quantitative estimate of drug-likeness (QED) is 0.804. The molecule has 0 radical (unpaired) electrons. The number of carbonyl (C=O) groups is 2. The number of amides is 2. The second-order valence-electron chi connectivity index (χ2n) is 6.32. The van der Waals surface area contributed by atoms with Crippen LogP contribution in [0.3, 0.4) is 0 Å². The highest BCUT2D eigenvalue weighted by molar-refractivity contribution is 7.91. The maximum atomic E-state index is 12.6. The van der Waals surface area contributed by atoms with Gasteiger partial charge in [0.05, 0.1) is 42.0 Å². The molecule has 1 unspecified atom stereocenters. The molecule has 1 atom stereocenters. The summed E-state index contributed by atoms with van der Waals surface area (Å²) in [5, 5.41) is 16.9. The van der Waals surface area contributed by atoms with E-state index in [1.165, 1.54) is 13.2 Å². The number of nitrogens with one attached hydrogen (secondary N) is 1. The number of methoxy groups -OCH3 is 1. The summed E-state index contributed by atoms with van der Waals surface area (Å²) < 4.78 is 28.5. The molecule has 2 amide bonds. The Balaban J connectivity index is 1.81. The average Bonchev–Trinajstić information content (AvgIpc) is 3.01. The number of rotatable bonds is 4. The monoisotopic (exact) mass is 390 g/mol. The molecule has 1 aromatic rings. The molecule has 2 heterocycles. The van der Waals surface area contributed by atoms with Gasteiger partial charge in [-0.2, -0.15) is 10.4 Å². The Morgan fingerprint density at radius 1 is 1.41 bits per heavy atom. The van der Waals surface area contributed by atoms with E-state index in [1.54, 1.807) is 12.1 Å². The molecule has 0 saturated carbocycles. The van der Waals surface area contributed by atoms with E-state index in [-0.39, 0.29) is 36.0 Å². The zero-order chi connectivity index (χ0) is 19.6. The highest BCUT2D eigenvalue weighted by Crippen LogP contribution is 2.26. The topological polar surface area (TPSA) is 129 Å². The summed E-state index contributed by atoms with van der Waals surface area (Å²) in [5.74, 6) is -0.570. The number of nitriles is 1. The van der Waals surface area contributed by atoms with Gasteiger partial charge in [0.25, 0.3) is 5.91 Å². The summed E-state index contributed by atoms with van der Waals surface area (Å²) >= 11 is 0. The van der Waals surface area contributed by atoms with Gasteiger partial charge in [0, 0.05) is 12.8 Å². The van der Waals surface area contributed by atoms with Crippen molar-refractivity contribution in [3.8, 4) is 11.8 Å². The van der Waals surface area contributed by atoms with Crippen LogP contribution in [-0.2, 0) is 19.4 Å². The van der Waals surface area contributed by atoms with E-state index >= 15 is 0 Å². The van der Waals surface area contributed by atoms with E-state index < -0.39 is 21.8 Å². The molecule has 27 heavy (non-hydrogen) atoms. The van der Waals surface area contributed by atoms with Gasteiger partial charge in [0.2, 0.25) is 5.91 Å². The molecule has 142 valence electrons. The molecule has 9 nitrogen and oxygen atoms in total. The molecule has 2 aliphatic heterocycles. The van der Waals surface area contributed by atoms with E-state index in [4.69, 9.17) is 10.00 Å². The number of hydrogen-bond acceptors (Lipinski definition) is 7. The Labute approximate surface area is 156 Å². The molecule has 2 aliphatic rings. The van der Waals surface area contributed by atoms with Crippen molar-refractivity contribution in [2.24, 2.45) is 5.10 Å². The summed E-state index contributed by atoms with van der Waals surface area (Å²) in [7, 11) is -1.74. The second kappa shape index (κ2) is 7.36. The highest BCUT2D eigenvalue weighted by atomic mass is 32.2. The average molecular weight is 390 g/mol. The molecular weight excluding hydrogens is 372 g/mol. The van der Waals surface area contributed by atoms with Gasteiger partial charge in [0.15, 0.2) is 9.84 Å². The standard InChI is InChI=1S/C17H18N4O5S/c1-26-15-4-2-11(9-18)8-14(15)19-17(23)13-3-5-16(22)21(20-13)12-6-7-27(24,25)10-12/h2,4,8,12H,3,5-7,10H2,1H3,(H,19,23). The number of hydrogen-bond donors (Lipinski definition) is 1. The van der Waals surface area contributed by atoms with Crippen LogP contribution in [-0.4, -0.2) is 55.6 Å². The van der Waals surface area contributed by atoms with Gasteiger partial charge >= 0.3 is 0 Å². The molecule has 10 heteroatoms. The third kappa shape index (κ3) is 4.09. The van der Waals surface area contributed by atoms with E-state index in [1.807, 2.05) is 6.07 Å². The molecular formula is C17H18N4O5S. The molecule has 1 fully saturated rings. The van der Waals surface area contributed by atoms with Crippen LogP contribution in [0, 0.1) is 11.3 Å². The lowest BCUT2D eigenvalue weighted by Crippen LogP contribution is -2.42. The first kappa shape index (κ1) is 18.8. The summed E-state index contributed by atoms with van der Waals surface area (Å²) in [4.78, 5) is 24.7. The lowest BCUT2D eigenvalue weighted by Gasteiger charge is -2.27. The predicted octanol–water partition coefficient (Wildman–Crippen LogP) is 0.671. The van der Waals surface area contributed by atoms with Crippen molar-refractivity contribution in [2.75, 3.05) is 23.9 Å². The largest absolute Gasteiger partial charge is 0.495 e. The Hall–Kier alpha value is -2.93. The molecule has 1 N–H and O–H groups in total. The Kier molecular flexibility index (Phi) is 5.14. The van der Waals surface area contributed by atoms with Crippen LogP contribution in [0.2, 0.25) is 0 Å². The minimum absolute atomic E-state index is 0.0106. The minimum atomic E-state index is -3.18. The molecule has 0 bridgehead atoms. The Morgan fingerprint density at radius 2 is 2.19 bits per heavy atom. The minimum Gasteiger partial charge on any atom is -0.495 e. The van der Waals surface area contributed by atoms with Gasteiger partial charge in [-0.1, -0.05) is 0 Å². The van der Waals surface area contributed by atoms with Crippen molar-refractivity contribution in [3.05, 3.63) is 23.8 Å². The fourth-order valence-corrected chi connectivity index (χ4v) is 4.75. The van der Waals surface area contributed by atoms with Crippen LogP contribution in [0.5, 0.6) is 5.75 Å². The summed E-state index contributed by atoms with van der Waals surface area (Å²) in [6.45, 7) is 0. The van der Waals surface area contributed by atoms with Gasteiger partial charge in [-0.3, -0.25) is 9.59 Å². The van der Waals surface area contributed by atoms with E-state index in [2.05, 4.69) is 10.4 Å². The second-order valence-corrected chi connectivity index (χ2v) is 8.55. The number of nitrogens with zero attached hydrogens (tertiary/aromatic N) is 3. The van der Waals surface area contributed by atoms with Crippen molar-refractivity contribution in [2.45, 2.75) is 25.3 Å².